The highest BCUT2D eigenvalue weighted by Crippen LogP contribution is 2.24. The average molecular weight is 346 g/mol. The van der Waals surface area contributed by atoms with E-state index in [1.54, 1.807) is 22.7 Å². The van der Waals surface area contributed by atoms with Gasteiger partial charge in [-0.1, -0.05) is 6.07 Å². The Bertz CT molecular complexity index is 510. The number of rotatable bonds is 6. The second-order valence-electron chi connectivity index (χ2n) is 3.81. The van der Waals surface area contributed by atoms with Crippen molar-refractivity contribution in [3.8, 4) is 0 Å². The Hall–Kier alpha value is -0.690. The van der Waals surface area contributed by atoms with Crippen molar-refractivity contribution in [2.24, 2.45) is 0 Å². The van der Waals surface area contributed by atoms with E-state index >= 15 is 0 Å². The Morgan fingerprint density at radius 2 is 2.33 bits per heavy atom. The first-order chi connectivity index (χ1) is 8.65. The number of carbonyl (C=O) groups is 1. The topological polar surface area (TPSA) is 49.3 Å². The highest BCUT2D eigenvalue weighted by molar-refractivity contribution is 9.11. The predicted molar refractivity (Wildman–Crippen MR) is 78.2 cm³/mol. The summed E-state index contributed by atoms with van der Waals surface area (Å²) in [5.74, 6) is -0.785. The maximum absolute atomic E-state index is 10.9. The van der Waals surface area contributed by atoms with E-state index in [1.165, 1.54) is 5.56 Å². The lowest BCUT2D eigenvalue weighted by molar-refractivity contribution is -0.137. The molecule has 0 saturated carbocycles. The van der Waals surface area contributed by atoms with Crippen LogP contribution in [0.3, 0.4) is 0 Å². The molecule has 0 saturated heterocycles. The number of carboxylic acids is 1. The lowest BCUT2D eigenvalue weighted by atomic mass is 10.1. The highest BCUT2D eigenvalue weighted by Gasteiger charge is 2.16. The number of halogens is 1. The molecule has 2 aromatic heterocycles. The molecule has 3 nitrogen and oxygen atoms in total. The van der Waals surface area contributed by atoms with Gasteiger partial charge in [-0.2, -0.15) is 0 Å². The third-order valence-corrected chi connectivity index (χ3v) is 4.98. The van der Waals surface area contributed by atoms with Crippen LogP contribution < -0.4 is 5.32 Å². The first kappa shape index (κ1) is 13.7. The quantitative estimate of drug-likeness (QED) is 0.835. The second kappa shape index (κ2) is 6.47. The Balaban J connectivity index is 1.99. The van der Waals surface area contributed by atoms with E-state index in [0.29, 0.717) is 6.54 Å². The van der Waals surface area contributed by atoms with Gasteiger partial charge >= 0.3 is 5.97 Å². The fourth-order valence-electron chi connectivity index (χ4n) is 1.62. The Kier molecular flexibility index (Phi) is 4.94. The highest BCUT2D eigenvalue weighted by atomic mass is 79.9. The standard InChI is InChI=1S/C12H12BrNO2S2/c13-11-4-8(7-18-11)6-14-9(5-12(15)16)10-2-1-3-17-10/h1-4,7,9,14H,5-6H2,(H,15,16). The van der Waals surface area contributed by atoms with Crippen LogP contribution in [0.5, 0.6) is 0 Å². The minimum Gasteiger partial charge on any atom is -0.481 e. The number of hydrogen-bond donors (Lipinski definition) is 2. The average Bonchev–Trinajstić information content (AvgIpc) is 2.94. The van der Waals surface area contributed by atoms with E-state index in [4.69, 9.17) is 5.11 Å². The van der Waals surface area contributed by atoms with Crippen molar-refractivity contribution in [1.29, 1.82) is 0 Å². The number of aliphatic carboxylic acids is 1. The Labute approximate surface area is 122 Å². The second-order valence-corrected chi connectivity index (χ2v) is 7.08. The molecule has 2 N–H and O–H groups in total. The largest absolute Gasteiger partial charge is 0.481 e. The van der Waals surface area contributed by atoms with E-state index in [-0.39, 0.29) is 12.5 Å². The molecule has 0 aromatic carbocycles. The van der Waals surface area contributed by atoms with Gasteiger partial charge in [-0.25, -0.2) is 0 Å². The molecule has 96 valence electrons. The minimum absolute atomic E-state index is 0.103. The van der Waals surface area contributed by atoms with Gasteiger partial charge in [-0.05, 0) is 44.4 Å². The molecule has 0 fully saturated rings. The molecule has 2 aromatic rings. The van der Waals surface area contributed by atoms with Crippen LogP contribution in [0.2, 0.25) is 0 Å². The van der Waals surface area contributed by atoms with Crippen molar-refractivity contribution in [3.63, 3.8) is 0 Å². The maximum atomic E-state index is 10.9. The monoisotopic (exact) mass is 345 g/mol. The van der Waals surface area contributed by atoms with Gasteiger partial charge in [0.2, 0.25) is 0 Å². The molecule has 0 aliphatic heterocycles. The fraction of sp³-hybridized carbons (Fsp3) is 0.250. The van der Waals surface area contributed by atoms with Gasteiger partial charge in [-0.3, -0.25) is 4.79 Å². The summed E-state index contributed by atoms with van der Waals surface area (Å²) in [5.41, 5.74) is 1.17. The molecule has 0 radical (unpaired) electrons. The zero-order valence-electron chi connectivity index (χ0n) is 9.43. The molecule has 0 amide bonds. The van der Waals surface area contributed by atoms with Crippen LogP contribution in [0.15, 0.2) is 32.7 Å². The summed E-state index contributed by atoms with van der Waals surface area (Å²) in [6, 6.07) is 5.83. The fourth-order valence-corrected chi connectivity index (χ4v) is 3.63. The molecular weight excluding hydrogens is 334 g/mol. The van der Waals surface area contributed by atoms with E-state index in [2.05, 4.69) is 26.6 Å². The number of nitrogens with one attached hydrogen (secondary N) is 1. The summed E-state index contributed by atoms with van der Waals surface area (Å²) >= 11 is 6.63. The van der Waals surface area contributed by atoms with Crippen LogP contribution in [-0.2, 0) is 11.3 Å². The molecule has 2 heterocycles. The predicted octanol–water partition coefficient (Wildman–Crippen LogP) is 3.88. The van der Waals surface area contributed by atoms with Crippen LogP contribution in [-0.4, -0.2) is 11.1 Å². The van der Waals surface area contributed by atoms with Gasteiger partial charge < -0.3 is 10.4 Å². The molecule has 18 heavy (non-hydrogen) atoms. The summed E-state index contributed by atoms with van der Waals surface area (Å²) in [5, 5.41) is 16.3. The van der Waals surface area contributed by atoms with Gasteiger partial charge in [0, 0.05) is 11.4 Å². The molecule has 0 bridgehead atoms. The van der Waals surface area contributed by atoms with E-state index < -0.39 is 5.97 Å². The van der Waals surface area contributed by atoms with Crippen LogP contribution in [0, 0.1) is 0 Å². The van der Waals surface area contributed by atoms with E-state index in [0.717, 1.165) is 8.66 Å². The smallest absolute Gasteiger partial charge is 0.305 e. The number of hydrogen-bond acceptors (Lipinski definition) is 4. The Morgan fingerprint density at radius 3 is 2.89 bits per heavy atom. The zero-order valence-corrected chi connectivity index (χ0v) is 12.6. The molecule has 0 spiro atoms. The van der Waals surface area contributed by atoms with E-state index in [1.807, 2.05) is 23.6 Å². The van der Waals surface area contributed by atoms with Crippen molar-refractivity contribution >= 4 is 44.6 Å². The molecule has 6 heteroatoms. The first-order valence-electron chi connectivity index (χ1n) is 5.36. The van der Waals surface area contributed by atoms with Crippen LogP contribution in [0.1, 0.15) is 22.9 Å². The van der Waals surface area contributed by atoms with Crippen molar-refractivity contribution in [1.82, 2.24) is 5.32 Å². The summed E-state index contributed by atoms with van der Waals surface area (Å²) in [6.07, 6.45) is 0.103. The summed E-state index contributed by atoms with van der Waals surface area (Å²) in [7, 11) is 0. The molecule has 0 aliphatic rings. The number of carboxylic acid groups (broad SMARTS) is 1. The SMILES string of the molecule is O=C(O)CC(NCc1csc(Br)c1)c1cccs1. The van der Waals surface area contributed by atoms with Gasteiger partial charge in [0.1, 0.15) is 0 Å². The lowest BCUT2D eigenvalue weighted by Gasteiger charge is -2.14. The van der Waals surface area contributed by atoms with E-state index in [9.17, 15) is 4.79 Å². The van der Waals surface area contributed by atoms with Crippen molar-refractivity contribution in [3.05, 3.63) is 43.2 Å². The third-order valence-electron chi connectivity index (χ3n) is 2.44. The lowest BCUT2D eigenvalue weighted by Crippen LogP contribution is -2.22. The van der Waals surface area contributed by atoms with Gasteiger partial charge in [0.15, 0.2) is 0 Å². The van der Waals surface area contributed by atoms with Crippen LogP contribution >= 0.6 is 38.6 Å². The first-order valence-corrected chi connectivity index (χ1v) is 7.92. The molecule has 2 rings (SSSR count). The van der Waals surface area contributed by atoms with Gasteiger partial charge in [0.25, 0.3) is 0 Å². The van der Waals surface area contributed by atoms with Gasteiger partial charge in [0.05, 0.1) is 16.2 Å². The summed E-state index contributed by atoms with van der Waals surface area (Å²) < 4.78 is 1.09. The maximum Gasteiger partial charge on any atom is 0.305 e. The normalized spacial score (nSPS) is 12.5. The van der Waals surface area contributed by atoms with Crippen molar-refractivity contribution < 1.29 is 9.90 Å². The molecule has 0 aliphatic carbocycles. The Morgan fingerprint density at radius 1 is 1.50 bits per heavy atom. The van der Waals surface area contributed by atoms with Crippen LogP contribution in [0.4, 0.5) is 0 Å². The van der Waals surface area contributed by atoms with Crippen molar-refractivity contribution in [2.45, 2.75) is 19.0 Å². The van der Waals surface area contributed by atoms with Crippen LogP contribution in [0.25, 0.3) is 0 Å². The molecule has 1 unspecified atom stereocenters. The zero-order chi connectivity index (χ0) is 13.0. The third kappa shape index (κ3) is 3.91. The summed E-state index contributed by atoms with van der Waals surface area (Å²) in [6.45, 7) is 0.679. The summed E-state index contributed by atoms with van der Waals surface area (Å²) in [4.78, 5) is 11.9. The number of thiophene rings is 2. The molecule has 1 atom stereocenters. The minimum atomic E-state index is -0.785. The van der Waals surface area contributed by atoms with Crippen molar-refractivity contribution in [2.75, 3.05) is 0 Å². The van der Waals surface area contributed by atoms with Gasteiger partial charge in [-0.15, -0.1) is 22.7 Å². The molecular formula is C12H12BrNO2S2.